The van der Waals surface area contributed by atoms with Crippen molar-refractivity contribution < 1.29 is 23.6 Å². The maximum Gasteiger partial charge on any atom is 0.235 e. The fraction of sp³-hybridized carbons (Fsp3) is 0.409. The molecular formula is C22H23N3O5. The quantitative estimate of drug-likeness (QED) is 0.729. The standard InChI is InChI=1S/C22H23N3O5/c1-13-11-17(24-30-13)25-12-22-9-7-16(29-22)18(19(22)21(25)27)20(26)23-10-8-14-3-5-15(28-2)6-4-14/h3-7,9,11,16,18-19H,8,10,12H2,1-2H3,(H,23,26)/t16-,18+,19-,22-/m1/s1. The molecule has 2 bridgehead atoms. The lowest BCUT2D eigenvalue weighted by Crippen LogP contribution is -2.44. The highest BCUT2D eigenvalue weighted by molar-refractivity contribution is 6.02. The summed E-state index contributed by atoms with van der Waals surface area (Å²) in [6.45, 7) is 2.60. The van der Waals surface area contributed by atoms with Gasteiger partial charge in [0.15, 0.2) is 5.82 Å². The predicted molar refractivity (Wildman–Crippen MR) is 107 cm³/mol. The summed E-state index contributed by atoms with van der Waals surface area (Å²) in [6.07, 6.45) is 4.14. The predicted octanol–water partition coefficient (Wildman–Crippen LogP) is 1.64. The van der Waals surface area contributed by atoms with Gasteiger partial charge in [0, 0.05) is 12.6 Å². The fourth-order valence-corrected chi connectivity index (χ4v) is 4.71. The molecule has 2 aromatic rings. The molecule has 0 aliphatic carbocycles. The third kappa shape index (κ3) is 2.90. The first-order valence-corrected chi connectivity index (χ1v) is 10.0. The van der Waals surface area contributed by atoms with Crippen LogP contribution < -0.4 is 15.0 Å². The van der Waals surface area contributed by atoms with Gasteiger partial charge in [0.05, 0.1) is 31.6 Å². The second kappa shape index (κ2) is 6.98. The molecule has 8 nitrogen and oxygen atoms in total. The first-order valence-electron chi connectivity index (χ1n) is 10.0. The van der Waals surface area contributed by atoms with E-state index in [1.165, 1.54) is 0 Å². The van der Waals surface area contributed by atoms with Gasteiger partial charge in [-0.3, -0.25) is 14.5 Å². The topological polar surface area (TPSA) is 93.9 Å². The number of rotatable bonds is 6. The lowest BCUT2D eigenvalue weighted by molar-refractivity contribution is -0.131. The number of amides is 2. The summed E-state index contributed by atoms with van der Waals surface area (Å²) in [6, 6.07) is 9.46. The number of anilines is 1. The molecule has 0 unspecified atom stereocenters. The van der Waals surface area contributed by atoms with E-state index in [-0.39, 0.29) is 17.9 Å². The Morgan fingerprint density at radius 2 is 2.17 bits per heavy atom. The summed E-state index contributed by atoms with van der Waals surface area (Å²) in [4.78, 5) is 27.8. The molecular weight excluding hydrogens is 386 g/mol. The molecule has 2 saturated heterocycles. The van der Waals surface area contributed by atoms with Crippen molar-refractivity contribution in [2.75, 3.05) is 25.1 Å². The first kappa shape index (κ1) is 18.9. The third-order valence-electron chi connectivity index (χ3n) is 6.17. The number of aryl methyl sites for hydroxylation is 1. The van der Waals surface area contributed by atoms with E-state index in [9.17, 15) is 9.59 Å². The van der Waals surface area contributed by atoms with Crippen LogP contribution >= 0.6 is 0 Å². The zero-order chi connectivity index (χ0) is 20.9. The number of benzene rings is 1. The SMILES string of the molecule is COc1ccc(CCNC(=O)[C@H]2[C@H]3C=C[C@]4(CN(c5cc(C)on5)C(=O)[C@@H]24)O3)cc1. The number of hydrogen-bond donors (Lipinski definition) is 1. The Hall–Kier alpha value is -3.13. The largest absolute Gasteiger partial charge is 0.497 e. The van der Waals surface area contributed by atoms with Gasteiger partial charge in [0.2, 0.25) is 11.8 Å². The van der Waals surface area contributed by atoms with E-state index in [2.05, 4.69) is 10.5 Å². The summed E-state index contributed by atoms with van der Waals surface area (Å²) >= 11 is 0. The van der Waals surface area contributed by atoms with Crippen LogP contribution in [0.1, 0.15) is 11.3 Å². The highest BCUT2D eigenvalue weighted by Crippen LogP contribution is 2.52. The fourth-order valence-electron chi connectivity index (χ4n) is 4.71. The van der Waals surface area contributed by atoms with E-state index in [0.717, 1.165) is 11.3 Å². The number of carbonyl (C=O) groups is 2. The van der Waals surface area contributed by atoms with E-state index >= 15 is 0 Å². The monoisotopic (exact) mass is 409 g/mol. The van der Waals surface area contributed by atoms with Crippen molar-refractivity contribution >= 4 is 17.6 Å². The van der Waals surface area contributed by atoms with Crippen LogP contribution in [0.15, 0.2) is 47.0 Å². The van der Waals surface area contributed by atoms with Crippen LogP contribution in [-0.4, -0.2) is 48.9 Å². The normalized spacial score (nSPS) is 28.8. The van der Waals surface area contributed by atoms with Gasteiger partial charge >= 0.3 is 0 Å². The van der Waals surface area contributed by atoms with Gasteiger partial charge in [-0.2, -0.15) is 0 Å². The van der Waals surface area contributed by atoms with Gasteiger partial charge in [0.1, 0.15) is 17.1 Å². The molecule has 30 heavy (non-hydrogen) atoms. The minimum atomic E-state index is -0.771. The van der Waals surface area contributed by atoms with Gasteiger partial charge in [-0.25, -0.2) is 0 Å². The van der Waals surface area contributed by atoms with E-state index in [0.29, 0.717) is 31.1 Å². The van der Waals surface area contributed by atoms with Crippen LogP contribution in [0.2, 0.25) is 0 Å². The maximum atomic E-state index is 13.2. The zero-order valence-corrected chi connectivity index (χ0v) is 16.8. The minimum absolute atomic E-state index is 0.148. The van der Waals surface area contributed by atoms with Crippen LogP contribution in [0.4, 0.5) is 5.82 Å². The molecule has 2 fully saturated rings. The molecule has 1 spiro atoms. The molecule has 1 aromatic heterocycles. The van der Waals surface area contributed by atoms with E-state index in [1.54, 1.807) is 25.0 Å². The summed E-state index contributed by atoms with van der Waals surface area (Å²) in [5, 5.41) is 6.95. The number of methoxy groups -OCH3 is 1. The molecule has 3 aliphatic heterocycles. The number of carbonyl (C=O) groups excluding carboxylic acids is 2. The number of hydrogen-bond acceptors (Lipinski definition) is 6. The Bertz CT molecular complexity index is 1010. The van der Waals surface area contributed by atoms with Crippen molar-refractivity contribution in [1.82, 2.24) is 10.5 Å². The van der Waals surface area contributed by atoms with Crippen LogP contribution in [0.3, 0.4) is 0 Å². The second-order valence-corrected chi connectivity index (χ2v) is 8.01. The van der Waals surface area contributed by atoms with Gasteiger partial charge in [0.25, 0.3) is 0 Å². The summed E-state index contributed by atoms with van der Waals surface area (Å²) < 4.78 is 16.4. The molecule has 1 aromatic carbocycles. The number of nitrogens with one attached hydrogen (secondary N) is 1. The van der Waals surface area contributed by atoms with Crippen LogP contribution in [0.25, 0.3) is 0 Å². The lowest BCUT2D eigenvalue weighted by Gasteiger charge is -2.23. The Morgan fingerprint density at radius 1 is 1.37 bits per heavy atom. The van der Waals surface area contributed by atoms with E-state index in [4.69, 9.17) is 14.0 Å². The van der Waals surface area contributed by atoms with Crippen LogP contribution in [0.5, 0.6) is 5.75 Å². The van der Waals surface area contributed by atoms with Gasteiger partial charge in [-0.05, 0) is 31.0 Å². The Labute approximate surface area is 173 Å². The van der Waals surface area contributed by atoms with Crippen molar-refractivity contribution in [3.8, 4) is 5.75 Å². The zero-order valence-electron chi connectivity index (χ0n) is 16.8. The Morgan fingerprint density at radius 3 is 2.87 bits per heavy atom. The van der Waals surface area contributed by atoms with Crippen molar-refractivity contribution in [2.24, 2.45) is 11.8 Å². The highest BCUT2D eigenvalue weighted by Gasteiger charge is 2.67. The number of aromatic nitrogens is 1. The van der Waals surface area contributed by atoms with E-state index < -0.39 is 17.4 Å². The summed E-state index contributed by atoms with van der Waals surface area (Å²) in [5.41, 5.74) is 0.327. The molecule has 3 aliphatic rings. The van der Waals surface area contributed by atoms with Gasteiger partial charge in [-0.1, -0.05) is 29.4 Å². The van der Waals surface area contributed by atoms with Crippen molar-refractivity contribution in [3.05, 3.63) is 53.8 Å². The van der Waals surface area contributed by atoms with Crippen LogP contribution in [-0.2, 0) is 20.7 Å². The summed E-state index contributed by atoms with van der Waals surface area (Å²) in [7, 11) is 1.63. The Kier molecular flexibility index (Phi) is 4.39. The van der Waals surface area contributed by atoms with Crippen molar-refractivity contribution in [2.45, 2.75) is 25.0 Å². The molecule has 156 valence electrons. The maximum absolute atomic E-state index is 13.2. The average molecular weight is 409 g/mol. The minimum Gasteiger partial charge on any atom is -0.497 e. The lowest BCUT2D eigenvalue weighted by atomic mass is 9.77. The molecule has 1 N–H and O–H groups in total. The van der Waals surface area contributed by atoms with Crippen molar-refractivity contribution in [3.63, 3.8) is 0 Å². The third-order valence-corrected chi connectivity index (χ3v) is 6.17. The second-order valence-electron chi connectivity index (χ2n) is 8.01. The first-order chi connectivity index (χ1) is 14.5. The van der Waals surface area contributed by atoms with Gasteiger partial charge < -0.3 is 19.3 Å². The molecule has 8 heteroatoms. The smallest absolute Gasteiger partial charge is 0.235 e. The summed E-state index contributed by atoms with van der Waals surface area (Å²) in [5.74, 6) is 0.482. The molecule has 4 atom stereocenters. The molecule has 2 amide bonds. The number of fused-ring (bicyclic) bond motifs is 1. The molecule has 0 radical (unpaired) electrons. The highest BCUT2D eigenvalue weighted by atomic mass is 16.5. The molecule has 4 heterocycles. The van der Waals surface area contributed by atoms with Gasteiger partial charge in [-0.15, -0.1) is 0 Å². The number of ether oxygens (including phenoxy) is 2. The van der Waals surface area contributed by atoms with E-state index in [1.807, 2.05) is 36.4 Å². The number of nitrogens with zero attached hydrogens (tertiary/aromatic N) is 2. The molecule has 5 rings (SSSR count). The van der Waals surface area contributed by atoms with Crippen LogP contribution in [0, 0.1) is 18.8 Å². The Balaban J connectivity index is 1.27. The average Bonchev–Trinajstić information content (AvgIpc) is 3.49. The van der Waals surface area contributed by atoms with Crippen molar-refractivity contribution in [1.29, 1.82) is 0 Å². The molecule has 0 saturated carbocycles.